The van der Waals surface area contributed by atoms with Gasteiger partial charge in [0.1, 0.15) is 5.82 Å². The molecule has 1 fully saturated rings. The Morgan fingerprint density at radius 2 is 2.28 bits per heavy atom. The second kappa shape index (κ2) is 4.86. The Bertz CT molecular complexity index is 556. The summed E-state index contributed by atoms with van der Waals surface area (Å²) in [4.78, 5) is 7.93. The first kappa shape index (κ1) is 11.9. The Kier molecular flexibility index (Phi) is 3.22. The zero-order valence-corrected chi connectivity index (χ0v) is 11.9. The fourth-order valence-corrected chi connectivity index (χ4v) is 2.64. The molecule has 1 unspecified atom stereocenters. The van der Waals surface area contributed by atoms with Gasteiger partial charge in [0.25, 0.3) is 0 Å². The summed E-state index contributed by atoms with van der Waals surface area (Å²) in [6, 6.07) is 6.76. The van der Waals surface area contributed by atoms with Crippen molar-refractivity contribution in [1.82, 2.24) is 15.3 Å². The van der Waals surface area contributed by atoms with Crippen LogP contribution in [0.3, 0.4) is 0 Å². The Labute approximate surface area is 115 Å². The highest BCUT2D eigenvalue weighted by atomic mass is 79.9. The first-order chi connectivity index (χ1) is 8.74. The van der Waals surface area contributed by atoms with Gasteiger partial charge in [-0.3, -0.25) is 0 Å². The Balaban J connectivity index is 1.89. The average Bonchev–Trinajstić information content (AvgIpc) is 3.01. The van der Waals surface area contributed by atoms with Gasteiger partial charge in [-0.1, -0.05) is 22.0 Å². The van der Waals surface area contributed by atoms with Crippen LogP contribution >= 0.6 is 15.9 Å². The number of aryl methyl sites for hydroxylation is 1. The molecule has 0 radical (unpaired) electrons. The number of nitrogens with zero attached hydrogens (tertiary/aromatic N) is 1. The van der Waals surface area contributed by atoms with Crippen molar-refractivity contribution in [1.29, 1.82) is 0 Å². The lowest BCUT2D eigenvalue weighted by atomic mass is 10.1. The van der Waals surface area contributed by atoms with E-state index in [0.717, 1.165) is 22.5 Å². The van der Waals surface area contributed by atoms with E-state index in [1.807, 2.05) is 6.20 Å². The number of halogens is 1. The molecule has 1 aliphatic heterocycles. The third kappa shape index (κ3) is 2.22. The van der Waals surface area contributed by atoms with Gasteiger partial charge in [0.05, 0.1) is 17.9 Å². The summed E-state index contributed by atoms with van der Waals surface area (Å²) in [5.41, 5.74) is 3.52. The molecule has 1 saturated heterocycles. The summed E-state index contributed by atoms with van der Waals surface area (Å²) in [5.74, 6) is 1.06. The third-order valence-electron chi connectivity index (χ3n) is 3.45. The molecular weight excluding hydrogens is 290 g/mol. The second-order valence-electron chi connectivity index (χ2n) is 4.80. The summed E-state index contributed by atoms with van der Waals surface area (Å²) < 4.78 is 1.14. The van der Waals surface area contributed by atoms with Gasteiger partial charge in [-0.05, 0) is 49.6 Å². The van der Waals surface area contributed by atoms with Crippen LogP contribution in [0.1, 0.15) is 30.3 Å². The van der Waals surface area contributed by atoms with Crippen molar-refractivity contribution in [2.75, 3.05) is 6.54 Å². The van der Waals surface area contributed by atoms with Crippen molar-refractivity contribution in [2.24, 2.45) is 0 Å². The van der Waals surface area contributed by atoms with Gasteiger partial charge in [0.2, 0.25) is 0 Å². The maximum atomic E-state index is 4.50. The molecule has 0 saturated carbocycles. The highest BCUT2D eigenvalue weighted by Crippen LogP contribution is 2.26. The maximum Gasteiger partial charge on any atom is 0.123 e. The predicted molar refractivity (Wildman–Crippen MR) is 76.4 cm³/mol. The third-order valence-corrected chi connectivity index (χ3v) is 4.34. The van der Waals surface area contributed by atoms with Crippen LogP contribution in [0.15, 0.2) is 28.9 Å². The van der Waals surface area contributed by atoms with E-state index in [0.29, 0.717) is 6.04 Å². The topological polar surface area (TPSA) is 40.7 Å². The van der Waals surface area contributed by atoms with Crippen LogP contribution in [-0.4, -0.2) is 16.5 Å². The molecule has 0 spiro atoms. The summed E-state index contributed by atoms with van der Waals surface area (Å²) in [6.45, 7) is 3.20. The van der Waals surface area contributed by atoms with E-state index in [2.05, 4.69) is 56.3 Å². The zero-order valence-electron chi connectivity index (χ0n) is 10.3. The lowest BCUT2D eigenvalue weighted by Crippen LogP contribution is -2.14. The number of aromatic amines is 1. The molecule has 0 aliphatic carbocycles. The molecule has 94 valence electrons. The molecule has 2 N–H and O–H groups in total. The van der Waals surface area contributed by atoms with E-state index in [1.165, 1.54) is 24.0 Å². The van der Waals surface area contributed by atoms with E-state index in [4.69, 9.17) is 0 Å². The summed E-state index contributed by atoms with van der Waals surface area (Å²) >= 11 is 3.53. The van der Waals surface area contributed by atoms with Gasteiger partial charge >= 0.3 is 0 Å². The fraction of sp³-hybridized carbons (Fsp3) is 0.357. The number of hydrogen-bond donors (Lipinski definition) is 2. The normalized spacial score (nSPS) is 19.3. The van der Waals surface area contributed by atoms with Gasteiger partial charge in [-0.15, -0.1) is 0 Å². The molecule has 1 aromatic heterocycles. The molecule has 1 aliphatic rings. The number of nitrogens with one attached hydrogen (secondary N) is 2. The monoisotopic (exact) mass is 305 g/mol. The summed E-state index contributed by atoms with van der Waals surface area (Å²) in [5, 5.41) is 3.46. The average molecular weight is 306 g/mol. The minimum absolute atomic E-state index is 0.398. The van der Waals surface area contributed by atoms with Crippen molar-refractivity contribution in [2.45, 2.75) is 25.8 Å². The molecule has 0 amide bonds. The molecular formula is C14H16BrN3. The smallest absolute Gasteiger partial charge is 0.123 e. The fourth-order valence-electron chi connectivity index (χ4n) is 2.39. The molecule has 18 heavy (non-hydrogen) atoms. The first-order valence-corrected chi connectivity index (χ1v) is 7.08. The van der Waals surface area contributed by atoms with Crippen LogP contribution in [-0.2, 0) is 0 Å². The van der Waals surface area contributed by atoms with E-state index in [-0.39, 0.29) is 0 Å². The molecule has 4 heteroatoms. The lowest BCUT2D eigenvalue weighted by Gasteiger charge is -2.06. The number of aromatic nitrogens is 2. The quantitative estimate of drug-likeness (QED) is 0.890. The number of rotatable bonds is 2. The number of benzene rings is 1. The predicted octanol–water partition coefficient (Wildman–Crippen LogP) is 3.57. The summed E-state index contributed by atoms with van der Waals surface area (Å²) in [7, 11) is 0. The van der Waals surface area contributed by atoms with E-state index < -0.39 is 0 Å². The van der Waals surface area contributed by atoms with Gasteiger partial charge in [0.15, 0.2) is 0 Å². The largest absolute Gasteiger partial charge is 0.341 e. The Morgan fingerprint density at radius 3 is 3.00 bits per heavy atom. The van der Waals surface area contributed by atoms with Crippen LogP contribution in [0.2, 0.25) is 0 Å². The number of hydrogen-bond acceptors (Lipinski definition) is 2. The molecule has 3 rings (SSSR count). The van der Waals surface area contributed by atoms with Crippen LogP contribution in [0, 0.1) is 6.92 Å². The standard InChI is InChI=1S/C14H16BrN3/c1-9-7-10(4-5-11(9)15)13-8-17-14(18-13)12-3-2-6-16-12/h4-5,7-8,12,16H,2-3,6H2,1H3,(H,17,18). The van der Waals surface area contributed by atoms with Crippen LogP contribution < -0.4 is 5.32 Å². The SMILES string of the molecule is Cc1cc(-c2cnc(C3CCCN3)[nH]2)ccc1Br. The summed E-state index contributed by atoms with van der Waals surface area (Å²) in [6.07, 6.45) is 4.34. The number of imidazole rings is 1. The molecule has 1 atom stereocenters. The lowest BCUT2D eigenvalue weighted by molar-refractivity contribution is 0.613. The molecule has 3 nitrogen and oxygen atoms in total. The van der Waals surface area contributed by atoms with Crippen molar-refractivity contribution >= 4 is 15.9 Å². The second-order valence-corrected chi connectivity index (χ2v) is 5.65. The van der Waals surface area contributed by atoms with E-state index in [1.54, 1.807) is 0 Å². The van der Waals surface area contributed by atoms with E-state index >= 15 is 0 Å². The number of H-pyrrole nitrogens is 1. The van der Waals surface area contributed by atoms with Crippen LogP contribution in [0.25, 0.3) is 11.3 Å². The van der Waals surface area contributed by atoms with Gasteiger partial charge in [-0.2, -0.15) is 0 Å². The Morgan fingerprint density at radius 1 is 1.39 bits per heavy atom. The molecule has 0 bridgehead atoms. The molecule has 2 aromatic rings. The van der Waals surface area contributed by atoms with E-state index in [9.17, 15) is 0 Å². The van der Waals surface area contributed by atoms with Gasteiger partial charge in [-0.25, -0.2) is 4.98 Å². The van der Waals surface area contributed by atoms with Crippen molar-refractivity contribution in [3.63, 3.8) is 0 Å². The van der Waals surface area contributed by atoms with Crippen molar-refractivity contribution in [3.05, 3.63) is 40.3 Å². The minimum atomic E-state index is 0.398. The van der Waals surface area contributed by atoms with Crippen molar-refractivity contribution < 1.29 is 0 Å². The molecule has 2 heterocycles. The Hall–Kier alpha value is -1.13. The van der Waals surface area contributed by atoms with Gasteiger partial charge < -0.3 is 10.3 Å². The highest BCUT2D eigenvalue weighted by molar-refractivity contribution is 9.10. The minimum Gasteiger partial charge on any atom is -0.341 e. The molecule has 1 aromatic carbocycles. The maximum absolute atomic E-state index is 4.50. The first-order valence-electron chi connectivity index (χ1n) is 6.29. The van der Waals surface area contributed by atoms with Gasteiger partial charge in [0, 0.05) is 4.47 Å². The van der Waals surface area contributed by atoms with Crippen LogP contribution in [0.5, 0.6) is 0 Å². The zero-order chi connectivity index (χ0) is 12.5. The highest BCUT2D eigenvalue weighted by Gasteiger charge is 2.19. The van der Waals surface area contributed by atoms with Crippen molar-refractivity contribution in [3.8, 4) is 11.3 Å². The van der Waals surface area contributed by atoms with Crippen LogP contribution in [0.4, 0.5) is 0 Å².